The van der Waals surface area contributed by atoms with Crippen LogP contribution in [0.2, 0.25) is 0 Å². The Bertz CT molecular complexity index is 555. The molecular formula is C11H11N3O2S. The van der Waals surface area contributed by atoms with Gasteiger partial charge in [-0.25, -0.2) is 8.42 Å². The van der Waals surface area contributed by atoms with Crippen LogP contribution >= 0.6 is 0 Å². The number of nitriles is 2. The lowest BCUT2D eigenvalue weighted by molar-refractivity contribution is 0.571. The minimum Gasteiger partial charge on any atom is -0.211 e. The van der Waals surface area contributed by atoms with Gasteiger partial charge in [0.05, 0.1) is 12.1 Å². The average Bonchev–Trinajstić information content (AvgIpc) is 2.36. The molecule has 0 aliphatic heterocycles. The lowest BCUT2D eigenvalue weighted by Gasteiger charge is -2.13. The predicted molar refractivity (Wildman–Crippen MR) is 61.9 cm³/mol. The highest BCUT2D eigenvalue weighted by molar-refractivity contribution is 7.90. The van der Waals surface area contributed by atoms with E-state index >= 15 is 0 Å². The van der Waals surface area contributed by atoms with E-state index in [2.05, 4.69) is 4.72 Å². The topological polar surface area (TPSA) is 93.8 Å². The number of hydrogen-bond donors (Lipinski definition) is 1. The first kappa shape index (κ1) is 13.2. The first-order chi connectivity index (χ1) is 8.01. The average molecular weight is 249 g/mol. The van der Waals surface area contributed by atoms with Gasteiger partial charge in [-0.05, 0) is 12.5 Å². The summed E-state index contributed by atoms with van der Waals surface area (Å²) in [6.07, 6.45) is 0. The Morgan fingerprint density at radius 3 is 2.24 bits per heavy atom. The second-order valence-corrected chi connectivity index (χ2v) is 5.44. The van der Waals surface area contributed by atoms with Crippen molar-refractivity contribution >= 4 is 10.0 Å². The van der Waals surface area contributed by atoms with Crippen LogP contribution in [0.5, 0.6) is 0 Å². The summed E-state index contributed by atoms with van der Waals surface area (Å²) in [5.41, 5.74) is 0.545. The monoisotopic (exact) mass is 249 g/mol. The Balaban J connectivity index is 2.95. The summed E-state index contributed by atoms with van der Waals surface area (Å²) < 4.78 is 25.4. The number of sulfonamides is 1. The number of rotatable bonds is 4. The van der Waals surface area contributed by atoms with E-state index in [1.165, 1.54) is 6.92 Å². The van der Waals surface area contributed by atoms with E-state index in [9.17, 15) is 8.42 Å². The van der Waals surface area contributed by atoms with Crippen molar-refractivity contribution in [2.24, 2.45) is 0 Å². The van der Waals surface area contributed by atoms with Crippen LogP contribution in [0.1, 0.15) is 18.5 Å². The summed E-state index contributed by atoms with van der Waals surface area (Å²) in [6, 6.07) is 11.0. The number of benzene rings is 1. The highest BCUT2D eigenvalue weighted by atomic mass is 32.2. The van der Waals surface area contributed by atoms with E-state index in [1.54, 1.807) is 36.4 Å². The molecule has 0 aliphatic rings. The third-order valence-electron chi connectivity index (χ3n) is 2.19. The van der Waals surface area contributed by atoms with E-state index < -0.39 is 21.3 Å². The van der Waals surface area contributed by atoms with E-state index in [4.69, 9.17) is 10.5 Å². The Morgan fingerprint density at radius 1 is 1.18 bits per heavy atom. The fourth-order valence-corrected chi connectivity index (χ4v) is 2.01. The van der Waals surface area contributed by atoms with E-state index in [0.717, 1.165) is 0 Å². The Kier molecular flexibility index (Phi) is 4.22. The molecule has 0 saturated heterocycles. The van der Waals surface area contributed by atoms with Gasteiger partial charge in [0.15, 0.2) is 5.25 Å². The zero-order valence-corrected chi connectivity index (χ0v) is 9.98. The maximum absolute atomic E-state index is 11.6. The molecule has 1 rings (SSSR count). The molecule has 0 spiro atoms. The van der Waals surface area contributed by atoms with Gasteiger partial charge in [0, 0.05) is 0 Å². The molecule has 0 aromatic heterocycles. The molecule has 0 radical (unpaired) electrons. The summed E-state index contributed by atoms with van der Waals surface area (Å²) in [5, 5.41) is 16.3. The zero-order valence-electron chi connectivity index (χ0n) is 9.16. The molecule has 0 amide bonds. The molecule has 0 heterocycles. The molecule has 0 fully saturated rings. The molecule has 17 heavy (non-hydrogen) atoms. The Hall–Kier alpha value is -1.89. The van der Waals surface area contributed by atoms with Gasteiger partial charge in [-0.3, -0.25) is 0 Å². The lowest BCUT2D eigenvalue weighted by Crippen LogP contribution is -2.34. The summed E-state index contributed by atoms with van der Waals surface area (Å²) in [5.74, 6) is 0. The largest absolute Gasteiger partial charge is 0.229 e. The highest BCUT2D eigenvalue weighted by Crippen LogP contribution is 2.13. The minimum absolute atomic E-state index is 0.545. The third kappa shape index (κ3) is 3.28. The SMILES string of the molecule is CC(C#N)S(=O)(=O)NC(C#N)c1ccccc1. The van der Waals surface area contributed by atoms with Gasteiger partial charge in [0.1, 0.15) is 6.04 Å². The van der Waals surface area contributed by atoms with Gasteiger partial charge in [-0.15, -0.1) is 0 Å². The maximum atomic E-state index is 11.6. The van der Waals surface area contributed by atoms with Crippen LogP contribution in [0.25, 0.3) is 0 Å². The van der Waals surface area contributed by atoms with Crippen molar-refractivity contribution in [3.63, 3.8) is 0 Å². The number of nitrogens with one attached hydrogen (secondary N) is 1. The third-order valence-corrected chi connectivity index (χ3v) is 3.79. The summed E-state index contributed by atoms with van der Waals surface area (Å²) >= 11 is 0. The maximum Gasteiger partial charge on any atom is 0.229 e. The molecule has 0 saturated carbocycles. The summed E-state index contributed by atoms with van der Waals surface area (Å²) in [7, 11) is -3.80. The molecule has 1 aromatic carbocycles. The summed E-state index contributed by atoms with van der Waals surface area (Å²) in [4.78, 5) is 0. The van der Waals surface area contributed by atoms with Gasteiger partial charge in [-0.1, -0.05) is 30.3 Å². The van der Waals surface area contributed by atoms with E-state index in [1.807, 2.05) is 6.07 Å². The molecule has 2 atom stereocenters. The standard InChI is InChI=1S/C11H11N3O2S/c1-9(7-12)17(15,16)14-11(8-13)10-5-3-2-4-6-10/h2-6,9,11,14H,1H3. The Morgan fingerprint density at radius 2 is 1.76 bits per heavy atom. The van der Waals surface area contributed by atoms with E-state index in [0.29, 0.717) is 5.56 Å². The van der Waals surface area contributed by atoms with E-state index in [-0.39, 0.29) is 0 Å². The molecule has 0 bridgehead atoms. The number of nitrogens with zero attached hydrogens (tertiary/aromatic N) is 2. The molecule has 6 heteroatoms. The fourth-order valence-electron chi connectivity index (χ4n) is 1.15. The molecule has 5 nitrogen and oxygen atoms in total. The van der Waals surface area contributed by atoms with Crippen molar-refractivity contribution in [2.45, 2.75) is 18.2 Å². The molecular weight excluding hydrogens is 238 g/mol. The van der Waals surface area contributed by atoms with Crippen molar-refractivity contribution in [3.05, 3.63) is 35.9 Å². The van der Waals surface area contributed by atoms with Gasteiger partial charge >= 0.3 is 0 Å². The first-order valence-electron chi connectivity index (χ1n) is 4.86. The van der Waals surface area contributed by atoms with Crippen LogP contribution in [0, 0.1) is 22.7 Å². The van der Waals surface area contributed by atoms with Crippen molar-refractivity contribution in [1.29, 1.82) is 10.5 Å². The van der Waals surface area contributed by atoms with Crippen molar-refractivity contribution in [3.8, 4) is 12.1 Å². The van der Waals surface area contributed by atoms with Gasteiger partial charge in [-0.2, -0.15) is 15.2 Å². The molecule has 0 aliphatic carbocycles. The predicted octanol–water partition coefficient (Wildman–Crippen LogP) is 1.08. The minimum atomic E-state index is -3.80. The van der Waals surface area contributed by atoms with Crippen LogP contribution in [-0.4, -0.2) is 13.7 Å². The highest BCUT2D eigenvalue weighted by Gasteiger charge is 2.24. The number of hydrogen-bond acceptors (Lipinski definition) is 4. The normalized spacial score (nSPS) is 14.3. The van der Waals surface area contributed by atoms with Crippen LogP contribution in [0.15, 0.2) is 30.3 Å². The van der Waals surface area contributed by atoms with Crippen molar-refractivity contribution in [1.82, 2.24) is 4.72 Å². The van der Waals surface area contributed by atoms with Crippen LogP contribution in [0.3, 0.4) is 0 Å². The van der Waals surface area contributed by atoms with Crippen molar-refractivity contribution < 1.29 is 8.42 Å². The molecule has 88 valence electrons. The smallest absolute Gasteiger partial charge is 0.211 e. The van der Waals surface area contributed by atoms with Gasteiger partial charge in [0.25, 0.3) is 0 Å². The molecule has 1 aromatic rings. The molecule has 2 unspecified atom stereocenters. The summed E-state index contributed by atoms with van der Waals surface area (Å²) in [6.45, 7) is 1.27. The first-order valence-corrected chi connectivity index (χ1v) is 6.41. The molecule has 1 N–H and O–H groups in total. The quantitative estimate of drug-likeness (QED) is 0.864. The Labute approximate surface area is 100 Å². The second-order valence-electron chi connectivity index (χ2n) is 3.41. The van der Waals surface area contributed by atoms with Gasteiger partial charge in [0.2, 0.25) is 10.0 Å². The van der Waals surface area contributed by atoms with Crippen LogP contribution in [-0.2, 0) is 10.0 Å². The van der Waals surface area contributed by atoms with Crippen molar-refractivity contribution in [2.75, 3.05) is 0 Å². The fraction of sp³-hybridized carbons (Fsp3) is 0.273. The van der Waals surface area contributed by atoms with Crippen LogP contribution < -0.4 is 4.72 Å². The second kappa shape index (κ2) is 5.44. The van der Waals surface area contributed by atoms with Gasteiger partial charge < -0.3 is 0 Å². The van der Waals surface area contributed by atoms with Crippen LogP contribution in [0.4, 0.5) is 0 Å². The zero-order chi connectivity index (χ0) is 12.9. The lowest BCUT2D eigenvalue weighted by atomic mass is 10.1.